The minimum absolute atomic E-state index is 0.0495. The fourth-order valence-electron chi connectivity index (χ4n) is 1.99. The number of anilines is 1. The molecule has 2 aromatic carbocycles. The van der Waals surface area contributed by atoms with Crippen LogP contribution < -0.4 is 10.1 Å². The number of esters is 1. The van der Waals surface area contributed by atoms with Crippen molar-refractivity contribution in [2.24, 2.45) is 0 Å². The number of methoxy groups -OCH3 is 1. The number of carbonyl (C=O) groups is 2. The van der Waals surface area contributed by atoms with Gasteiger partial charge < -0.3 is 14.8 Å². The summed E-state index contributed by atoms with van der Waals surface area (Å²) in [5.41, 5.74) is 1.05. The third-order valence-electron chi connectivity index (χ3n) is 3.35. The van der Waals surface area contributed by atoms with Crippen molar-refractivity contribution in [1.29, 1.82) is 0 Å². The van der Waals surface area contributed by atoms with Crippen molar-refractivity contribution < 1.29 is 23.5 Å². The number of halogens is 2. The largest absolute Gasteiger partial charge is 0.497 e. The number of rotatable bonds is 6. The maximum Gasteiger partial charge on any atom is 0.331 e. The average molecular weight is 378 g/mol. The number of benzene rings is 2. The molecule has 1 amide bonds. The van der Waals surface area contributed by atoms with Gasteiger partial charge >= 0.3 is 5.97 Å². The molecule has 0 aliphatic rings. The van der Waals surface area contributed by atoms with E-state index in [4.69, 9.17) is 21.1 Å². The summed E-state index contributed by atoms with van der Waals surface area (Å²) in [4.78, 5) is 23.9. The molecule has 0 fully saturated rings. The molecule has 0 saturated carbocycles. The summed E-state index contributed by atoms with van der Waals surface area (Å²) in [5.74, 6) is -1.15. The predicted molar refractivity (Wildman–Crippen MR) is 97.6 cm³/mol. The van der Waals surface area contributed by atoms with E-state index in [1.807, 2.05) is 0 Å². The summed E-state index contributed by atoms with van der Waals surface area (Å²) >= 11 is 5.67. The van der Waals surface area contributed by atoms with Gasteiger partial charge in [0.1, 0.15) is 11.6 Å². The molecule has 0 heterocycles. The molecule has 0 radical (unpaired) electrons. The first-order valence-corrected chi connectivity index (χ1v) is 8.05. The van der Waals surface area contributed by atoms with Crippen LogP contribution in [0.15, 0.2) is 48.5 Å². The second kappa shape index (κ2) is 9.01. The number of hydrogen-bond donors (Lipinski definition) is 1. The second-order valence-electron chi connectivity index (χ2n) is 5.31. The maximum atomic E-state index is 13.1. The van der Waals surface area contributed by atoms with Gasteiger partial charge in [0.2, 0.25) is 0 Å². The van der Waals surface area contributed by atoms with E-state index < -0.39 is 23.8 Å². The summed E-state index contributed by atoms with van der Waals surface area (Å²) < 4.78 is 23.2. The molecule has 0 aliphatic heterocycles. The Morgan fingerprint density at radius 2 is 2.00 bits per heavy atom. The van der Waals surface area contributed by atoms with Crippen molar-refractivity contribution in [3.8, 4) is 5.75 Å². The van der Waals surface area contributed by atoms with E-state index in [0.717, 1.165) is 6.08 Å². The molecule has 0 saturated heterocycles. The molecule has 1 N–H and O–H groups in total. The van der Waals surface area contributed by atoms with Crippen LogP contribution in [0.2, 0.25) is 5.02 Å². The van der Waals surface area contributed by atoms with Gasteiger partial charge in [-0.15, -0.1) is 0 Å². The molecule has 0 unspecified atom stereocenters. The molecule has 7 heteroatoms. The molecule has 1 atom stereocenters. The van der Waals surface area contributed by atoms with E-state index in [-0.39, 0.29) is 5.02 Å². The minimum Gasteiger partial charge on any atom is -0.497 e. The topological polar surface area (TPSA) is 64.6 Å². The highest BCUT2D eigenvalue weighted by Gasteiger charge is 2.16. The number of ether oxygens (including phenoxy) is 2. The van der Waals surface area contributed by atoms with Gasteiger partial charge in [-0.25, -0.2) is 9.18 Å². The van der Waals surface area contributed by atoms with Gasteiger partial charge in [0, 0.05) is 17.8 Å². The van der Waals surface area contributed by atoms with Crippen molar-refractivity contribution in [3.05, 3.63) is 64.9 Å². The smallest absolute Gasteiger partial charge is 0.331 e. The van der Waals surface area contributed by atoms with E-state index in [9.17, 15) is 14.0 Å². The summed E-state index contributed by atoms with van der Waals surface area (Å²) in [5, 5.41) is 2.58. The predicted octanol–water partition coefficient (Wildman–Crippen LogP) is 4.07. The molecule has 2 aromatic rings. The number of amides is 1. The molecule has 26 heavy (non-hydrogen) atoms. The highest BCUT2D eigenvalue weighted by molar-refractivity contribution is 6.30. The molecular formula is C19H17ClFNO4. The van der Waals surface area contributed by atoms with Gasteiger partial charge in [0.15, 0.2) is 6.10 Å². The third-order valence-corrected chi connectivity index (χ3v) is 3.64. The van der Waals surface area contributed by atoms with Crippen LogP contribution in [-0.2, 0) is 14.3 Å². The highest BCUT2D eigenvalue weighted by Crippen LogP contribution is 2.18. The maximum absolute atomic E-state index is 13.1. The molecule has 0 bridgehead atoms. The Balaban J connectivity index is 1.91. The van der Waals surface area contributed by atoms with E-state index in [0.29, 0.717) is 17.0 Å². The highest BCUT2D eigenvalue weighted by atomic mass is 35.5. The Kier molecular flexibility index (Phi) is 6.74. The van der Waals surface area contributed by atoms with Crippen LogP contribution >= 0.6 is 11.6 Å². The zero-order chi connectivity index (χ0) is 19.1. The molecule has 136 valence electrons. The van der Waals surface area contributed by atoms with Gasteiger partial charge in [-0.05, 0) is 42.8 Å². The van der Waals surface area contributed by atoms with E-state index in [2.05, 4.69) is 5.32 Å². The van der Waals surface area contributed by atoms with Crippen molar-refractivity contribution in [2.75, 3.05) is 12.4 Å². The second-order valence-corrected chi connectivity index (χ2v) is 5.71. The van der Waals surface area contributed by atoms with Crippen molar-refractivity contribution >= 4 is 35.2 Å². The Labute approximate surface area is 155 Å². The van der Waals surface area contributed by atoms with Crippen molar-refractivity contribution in [3.63, 3.8) is 0 Å². The van der Waals surface area contributed by atoms with Crippen LogP contribution in [0.4, 0.5) is 10.1 Å². The standard InChI is InChI=1S/C19H17ClFNO4/c1-12(19(24)22-14-4-3-5-15(11-14)25-2)26-18(23)9-7-13-6-8-17(21)16(20)10-13/h3-12H,1-2H3,(H,22,24)/b9-7+/t12-/m0/s1. The Hall–Kier alpha value is -2.86. The van der Waals surface area contributed by atoms with Crippen LogP contribution in [0.5, 0.6) is 5.75 Å². The van der Waals surface area contributed by atoms with Gasteiger partial charge in [-0.2, -0.15) is 0 Å². The third kappa shape index (κ3) is 5.60. The lowest BCUT2D eigenvalue weighted by Gasteiger charge is -2.13. The Morgan fingerprint density at radius 3 is 2.69 bits per heavy atom. The summed E-state index contributed by atoms with van der Waals surface area (Å²) in [6.45, 7) is 1.45. The van der Waals surface area contributed by atoms with E-state index >= 15 is 0 Å². The lowest BCUT2D eigenvalue weighted by Crippen LogP contribution is -2.29. The normalized spacial score (nSPS) is 11.8. The zero-order valence-corrected chi connectivity index (χ0v) is 14.9. The van der Waals surface area contributed by atoms with Crippen molar-refractivity contribution in [2.45, 2.75) is 13.0 Å². The fraction of sp³-hybridized carbons (Fsp3) is 0.158. The fourth-order valence-corrected chi connectivity index (χ4v) is 2.18. The molecule has 5 nitrogen and oxygen atoms in total. The SMILES string of the molecule is COc1cccc(NC(=O)[C@H](C)OC(=O)/C=C/c2ccc(F)c(Cl)c2)c1. The lowest BCUT2D eigenvalue weighted by atomic mass is 10.2. The number of nitrogens with one attached hydrogen (secondary N) is 1. The first kappa shape index (κ1) is 19.5. The summed E-state index contributed by atoms with van der Waals surface area (Å²) in [7, 11) is 1.52. The van der Waals surface area contributed by atoms with Crippen LogP contribution in [0.1, 0.15) is 12.5 Å². The van der Waals surface area contributed by atoms with Crippen molar-refractivity contribution in [1.82, 2.24) is 0 Å². The summed E-state index contributed by atoms with van der Waals surface area (Å²) in [6.07, 6.45) is 1.55. The van der Waals surface area contributed by atoms with Crippen LogP contribution in [0, 0.1) is 5.82 Å². The van der Waals surface area contributed by atoms with Crippen LogP contribution in [-0.4, -0.2) is 25.1 Å². The van der Waals surface area contributed by atoms with Gasteiger partial charge in [-0.3, -0.25) is 4.79 Å². The lowest BCUT2D eigenvalue weighted by molar-refractivity contribution is -0.148. The quantitative estimate of drug-likeness (QED) is 0.608. The van der Waals surface area contributed by atoms with E-state index in [1.165, 1.54) is 38.3 Å². The first-order chi connectivity index (χ1) is 12.4. The van der Waals surface area contributed by atoms with Crippen LogP contribution in [0.25, 0.3) is 6.08 Å². The Morgan fingerprint density at radius 1 is 1.23 bits per heavy atom. The van der Waals surface area contributed by atoms with Gasteiger partial charge in [0.25, 0.3) is 5.91 Å². The number of hydrogen-bond acceptors (Lipinski definition) is 4. The zero-order valence-electron chi connectivity index (χ0n) is 14.2. The monoisotopic (exact) mass is 377 g/mol. The molecule has 2 rings (SSSR count). The first-order valence-electron chi connectivity index (χ1n) is 7.67. The molecule has 0 aliphatic carbocycles. The molecule has 0 spiro atoms. The van der Waals surface area contributed by atoms with E-state index in [1.54, 1.807) is 24.3 Å². The van der Waals surface area contributed by atoms with Crippen LogP contribution in [0.3, 0.4) is 0 Å². The Bertz CT molecular complexity index is 838. The van der Waals surface area contributed by atoms with Gasteiger partial charge in [0.05, 0.1) is 12.1 Å². The average Bonchev–Trinajstić information content (AvgIpc) is 2.62. The van der Waals surface area contributed by atoms with Gasteiger partial charge in [-0.1, -0.05) is 23.7 Å². The summed E-state index contributed by atoms with van der Waals surface area (Å²) in [6, 6.07) is 10.8. The minimum atomic E-state index is -1.00. The number of carbonyl (C=O) groups excluding carboxylic acids is 2. The molecular weight excluding hydrogens is 361 g/mol. The molecule has 0 aromatic heterocycles.